The number of ether oxygens (including phenoxy) is 2. The monoisotopic (exact) mass is 201 g/mol. The van der Waals surface area contributed by atoms with Gasteiger partial charge in [-0.25, -0.2) is 4.79 Å². The number of hydrogen-bond donors (Lipinski definition) is 1. The summed E-state index contributed by atoms with van der Waals surface area (Å²) in [7, 11) is 0. The van der Waals surface area contributed by atoms with Gasteiger partial charge in [-0.05, 0) is 20.8 Å². The molecule has 1 rings (SSSR count). The van der Waals surface area contributed by atoms with E-state index in [-0.39, 0.29) is 5.92 Å². The number of hydrogen-bond acceptors (Lipinski definition) is 5. The summed E-state index contributed by atoms with van der Waals surface area (Å²) in [4.78, 5) is 22.2. The first-order valence-corrected chi connectivity index (χ1v) is 4.54. The van der Waals surface area contributed by atoms with Crippen LogP contribution in [0.3, 0.4) is 0 Å². The fourth-order valence-corrected chi connectivity index (χ4v) is 0.892. The first-order valence-electron chi connectivity index (χ1n) is 4.54. The van der Waals surface area contributed by atoms with Crippen LogP contribution in [0.15, 0.2) is 0 Å². The summed E-state index contributed by atoms with van der Waals surface area (Å²) in [5.41, 5.74) is -0.630. The Labute approximate surface area is 82.8 Å². The van der Waals surface area contributed by atoms with E-state index in [1.54, 1.807) is 20.8 Å². The first kappa shape index (κ1) is 11.0. The zero-order valence-corrected chi connectivity index (χ0v) is 8.62. The molecule has 1 saturated heterocycles. The molecule has 0 spiro atoms. The van der Waals surface area contributed by atoms with E-state index in [4.69, 9.17) is 4.74 Å². The van der Waals surface area contributed by atoms with Crippen molar-refractivity contribution in [1.82, 2.24) is 5.32 Å². The Bertz CT molecular complexity index is 240. The Hall–Kier alpha value is -1.10. The van der Waals surface area contributed by atoms with Gasteiger partial charge >= 0.3 is 12.1 Å². The fourth-order valence-electron chi connectivity index (χ4n) is 0.892. The summed E-state index contributed by atoms with van der Waals surface area (Å²) in [6, 6.07) is 0. The molecule has 0 amide bonds. The van der Waals surface area contributed by atoms with Gasteiger partial charge < -0.3 is 14.8 Å². The maximum Gasteiger partial charge on any atom is 0.516 e. The molecule has 0 bridgehead atoms. The van der Waals surface area contributed by atoms with Crippen LogP contribution in [0.2, 0.25) is 0 Å². The lowest BCUT2D eigenvalue weighted by atomic mass is 10.0. The molecule has 1 aliphatic rings. The average molecular weight is 201 g/mol. The SMILES string of the molecule is CC(C)(C)OC(=O)OC(=O)C1CNC1. The van der Waals surface area contributed by atoms with Crippen LogP contribution in [0.1, 0.15) is 20.8 Å². The second-order valence-corrected chi connectivity index (χ2v) is 4.24. The van der Waals surface area contributed by atoms with Crippen LogP contribution in [-0.4, -0.2) is 30.8 Å². The minimum absolute atomic E-state index is 0.206. The van der Waals surface area contributed by atoms with Crippen molar-refractivity contribution in [2.24, 2.45) is 5.92 Å². The molecule has 1 fully saturated rings. The number of nitrogens with one attached hydrogen (secondary N) is 1. The van der Waals surface area contributed by atoms with Crippen LogP contribution in [-0.2, 0) is 14.3 Å². The number of rotatable bonds is 1. The lowest BCUT2D eigenvalue weighted by Gasteiger charge is -2.25. The Morgan fingerprint density at radius 1 is 1.29 bits per heavy atom. The van der Waals surface area contributed by atoms with Crippen molar-refractivity contribution in [3.8, 4) is 0 Å². The topological polar surface area (TPSA) is 64.6 Å². The highest BCUT2D eigenvalue weighted by atomic mass is 16.7. The largest absolute Gasteiger partial charge is 0.516 e. The summed E-state index contributed by atoms with van der Waals surface area (Å²) in [6.45, 7) is 6.28. The van der Waals surface area contributed by atoms with Gasteiger partial charge in [0.2, 0.25) is 0 Å². The van der Waals surface area contributed by atoms with E-state index < -0.39 is 17.7 Å². The number of esters is 1. The second-order valence-electron chi connectivity index (χ2n) is 4.24. The normalized spacial score (nSPS) is 17.1. The van der Waals surface area contributed by atoms with Gasteiger partial charge in [-0.3, -0.25) is 4.79 Å². The number of carbonyl (C=O) groups is 2. The number of carbonyl (C=O) groups excluding carboxylic acids is 2. The fraction of sp³-hybridized carbons (Fsp3) is 0.778. The second kappa shape index (κ2) is 3.96. The van der Waals surface area contributed by atoms with Gasteiger partial charge in [-0.2, -0.15) is 0 Å². The van der Waals surface area contributed by atoms with Gasteiger partial charge in [-0.15, -0.1) is 0 Å². The molecular weight excluding hydrogens is 186 g/mol. The average Bonchev–Trinajstić information content (AvgIpc) is 1.75. The van der Waals surface area contributed by atoms with E-state index in [1.807, 2.05) is 0 Å². The van der Waals surface area contributed by atoms with Crippen LogP contribution in [0.25, 0.3) is 0 Å². The minimum atomic E-state index is -0.922. The Morgan fingerprint density at radius 2 is 1.86 bits per heavy atom. The summed E-state index contributed by atoms with van der Waals surface area (Å²) >= 11 is 0. The zero-order valence-electron chi connectivity index (χ0n) is 8.62. The molecule has 14 heavy (non-hydrogen) atoms. The lowest BCUT2D eigenvalue weighted by Crippen LogP contribution is -2.47. The van der Waals surface area contributed by atoms with Crippen molar-refractivity contribution < 1.29 is 19.1 Å². The summed E-state index contributed by atoms with van der Waals surface area (Å²) in [5.74, 6) is -0.722. The van der Waals surface area contributed by atoms with E-state index in [0.29, 0.717) is 13.1 Å². The molecular formula is C9H15NO4. The van der Waals surface area contributed by atoms with Gasteiger partial charge in [-0.1, -0.05) is 0 Å². The molecule has 0 atom stereocenters. The zero-order chi connectivity index (χ0) is 10.8. The third kappa shape index (κ3) is 3.33. The molecule has 1 N–H and O–H groups in total. The molecule has 80 valence electrons. The van der Waals surface area contributed by atoms with E-state index >= 15 is 0 Å². The molecule has 5 nitrogen and oxygen atoms in total. The van der Waals surface area contributed by atoms with Crippen molar-refractivity contribution in [2.75, 3.05) is 13.1 Å². The molecule has 0 unspecified atom stereocenters. The predicted octanol–water partition coefficient (Wildman–Crippen LogP) is 0.684. The van der Waals surface area contributed by atoms with Crippen molar-refractivity contribution in [2.45, 2.75) is 26.4 Å². The van der Waals surface area contributed by atoms with Gasteiger partial charge in [0.05, 0.1) is 5.92 Å². The molecule has 0 saturated carbocycles. The maximum atomic E-state index is 11.2. The van der Waals surface area contributed by atoms with E-state index in [9.17, 15) is 9.59 Å². The van der Waals surface area contributed by atoms with Crippen molar-refractivity contribution in [3.63, 3.8) is 0 Å². The molecule has 1 heterocycles. The highest BCUT2D eigenvalue weighted by Gasteiger charge is 2.29. The van der Waals surface area contributed by atoms with Crippen molar-refractivity contribution in [1.29, 1.82) is 0 Å². The third-order valence-electron chi connectivity index (χ3n) is 1.69. The van der Waals surface area contributed by atoms with Gasteiger partial charge in [0.15, 0.2) is 0 Å². The minimum Gasteiger partial charge on any atom is -0.428 e. The van der Waals surface area contributed by atoms with Crippen LogP contribution in [0.4, 0.5) is 4.79 Å². The molecule has 0 aromatic heterocycles. The molecule has 0 aromatic rings. The smallest absolute Gasteiger partial charge is 0.428 e. The summed E-state index contributed by atoms with van der Waals surface area (Å²) in [5, 5.41) is 2.91. The molecule has 0 aromatic carbocycles. The highest BCUT2D eigenvalue weighted by Crippen LogP contribution is 2.11. The summed E-state index contributed by atoms with van der Waals surface area (Å²) < 4.78 is 9.31. The van der Waals surface area contributed by atoms with Gasteiger partial charge in [0.25, 0.3) is 0 Å². The third-order valence-corrected chi connectivity index (χ3v) is 1.69. The molecule has 0 radical (unpaired) electrons. The maximum absolute atomic E-state index is 11.2. The van der Waals surface area contributed by atoms with Crippen LogP contribution in [0, 0.1) is 5.92 Å². The van der Waals surface area contributed by atoms with Crippen molar-refractivity contribution in [3.05, 3.63) is 0 Å². The Morgan fingerprint density at radius 3 is 2.21 bits per heavy atom. The van der Waals surface area contributed by atoms with E-state index in [2.05, 4.69) is 10.1 Å². The highest BCUT2D eigenvalue weighted by molar-refractivity contribution is 5.84. The van der Waals surface area contributed by atoms with Gasteiger partial charge in [0, 0.05) is 13.1 Å². The lowest BCUT2D eigenvalue weighted by molar-refractivity contribution is -0.147. The molecule has 0 aliphatic carbocycles. The van der Waals surface area contributed by atoms with Gasteiger partial charge in [0.1, 0.15) is 5.60 Å². The quantitative estimate of drug-likeness (QED) is 0.499. The van der Waals surface area contributed by atoms with Crippen molar-refractivity contribution >= 4 is 12.1 Å². The van der Waals surface area contributed by atoms with Crippen LogP contribution in [0.5, 0.6) is 0 Å². The van der Waals surface area contributed by atoms with E-state index in [1.165, 1.54) is 0 Å². The Kier molecular flexibility index (Phi) is 3.10. The Balaban J connectivity index is 2.29. The predicted molar refractivity (Wildman–Crippen MR) is 48.7 cm³/mol. The molecule has 1 aliphatic heterocycles. The van der Waals surface area contributed by atoms with Crippen LogP contribution < -0.4 is 5.32 Å². The molecule has 5 heteroatoms. The van der Waals surface area contributed by atoms with Crippen LogP contribution >= 0.6 is 0 Å². The van der Waals surface area contributed by atoms with E-state index in [0.717, 1.165) is 0 Å². The summed E-state index contributed by atoms with van der Waals surface area (Å²) in [6.07, 6.45) is -0.922. The first-order chi connectivity index (χ1) is 6.38. The standard InChI is InChI=1S/C9H15NO4/c1-9(2,3)14-8(12)13-7(11)6-4-10-5-6/h6,10H,4-5H2,1-3H3.